The Hall–Kier alpha value is -3.68. The molecule has 280 valence electrons. The number of aromatic amines is 2. The molecule has 0 aromatic carbocycles. The standard InChI is InChI=1S/C24H34N10O15P2/c25-23-29-18-16(20(37)31-23)27-9-33(18)15-6-12(35)14(49-15)8-47-51(41,42)45-4-2-43-1-3-44-50(39,40)46-7-11-5-13(36)22(48-11)34-10-28-17-19(34)30-24(26)32-21(17)38/h9-15,22,35-36H,1-8H2,(H,39,40)(H,41,42)(H3,25,29,31,37)(H3,26,30,32,38)/t11-,12-,13-,14-,15-,22+/m0/s1. The SMILES string of the molecule is Nc1nc2c(ncn2[C@@H]2C[C@H](O)[C@H](COP(=O)(O)OCCOCCOP(=O)(O)OC[C@@H]3C[C@H](O)[C@H](n4cnc5c(=O)[nH]c(N)nc54)O3)O2)c(=O)[nH]1. The van der Waals surface area contributed by atoms with Crippen LogP contribution in [-0.4, -0.2) is 123 Å². The number of phosphoric acid groups is 2. The molecule has 4 aromatic heterocycles. The van der Waals surface area contributed by atoms with Crippen molar-refractivity contribution in [3.05, 3.63) is 33.4 Å². The Labute approximate surface area is 284 Å². The number of aliphatic hydroxyl groups excluding tert-OH is 2. The summed E-state index contributed by atoms with van der Waals surface area (Å²) in [5.41, 5.74) is 10.3. The number of fused-ring (bicyclic) bond motifs is 2. The first kappa shape index (κ1) is 37.1. The average molecular weight is 765 g/mol. The van der Waals surface area contributed by atoms with Crippen molar-refractivity contribution in [1.82, 2.24) is 39.0 Å². The molecule has 2 fully saturated rings. The molecule has 0 saturated carbocycles. The monoisotopic (exact) mass is 764 g/mol. The molecule has 25 nitrogen and oxygen atoms in total. The third-order valence-electron chi connectivity index (χ3n) is 7.65. The van der Waals surface area contributed by atoms with Crippen LogP contribution in [-0.2, 0) is 41.4 Å². The van der Waals surface area contributed by atoms with Gasteiger partial charge in [0.25, 0.3) is 11.1 Å². The lowest BCUT2D eigenvalue weighted by atomic mass is 10.2. The molecule has 0 amide bonds. The number of phosphoric ester groups is 2. The number of imidazole rings is 2. The second-order valence-corrected chi connectivity index (χ2v) is 14.1. The number of nitrogens with two attached hydrogens (primary N) is 2. The van der Waals surface area contributed by atoms with Gasteiger partial charge in [-0.15, -0.1) is 0 Å². The quantitative estimate of drug-likeness (QED) is 0.0451. The molecule has 2 aliphatic rings. The highest BCUT2D eigenvalue weighted by Crippen LogP contribution is 2.45. The first-order chi connectivity index (χ1) is 24.2. The Morgan fingerprint density at radius 1 is 0.784 bits per heavy atom. The van der Waals surface area contributed by atoms with Gasteiger partial charge in [-0.1, -0.05) is 0 Å². The van der Waals surface area contributed by atoms with E-state index in [1.54, 1.807) is 0 Å². The van der Waals surface area contributed by atoms with Gasteiger partial charge in [0.05, 0.1) is 64.5 Å². The molecule has 0 radical (unpaired) electrons. The van der Waals surface area contributed by atoms with E-state index in [9.17, 15) is 38.7 Å². The number of aliphatic hydroxyl groups is 2. The molecule has 0 bridgehead atoms. The van der Waals surface area contributed by atoms with Gasteiger partial charge in [-0.05, 0) is 0 Å². The zero-order valence-electron chi connectivity index (χ0n) is 26.3. The van der Waals surface area contributed by atoms with Crippen LogP contribution in [0.25, 0.3) is 22.3 Å². The summed E-state index contributed by atoms with van der Waals surface area (Å²) >= 11 is 0. The lowest BCUT2D eigenvalue weighted by Crippen LogP contribution is -2.26. The lowest BCUT2D eigenvalue weighted by molar-refractivity contribution is -0.0495. The van der Waals surface area contributed by atoms with Gasteiger partial charge in [-0.3, -0.25) is 46.8 Å². The van der Waals surface area contributed by atoms with E-state index in [1.165, 1.54) is 21.8 Å². The summed E-state index contributed by atoms with van der Waals surface area (Å²) in [6, 6.07) is 0. The molecule has 10 N–H and O–H groups in total. The number of aromatic nitrogens is 8. The molecule has 2 aliphatic heterocycles. The fourth-order valence-electron chi connectivity index (χ4n) is 5.35. The van der Waals surface area contributed by atoms with E-state index in [-0.39, 0.29) is 60.3 Å². The lowest BCUT2D eigenvalue weighted by Gasteiger charge is -2.18. The van der Waals surface area contributed by atoms with E-state index in [2.05, 4.69) is 29.9 Å². The highest BCUT2D eigenvalue weighted by molar-refractivity contribution is 7.47. The second kappa shape index (κ2) is 15.1. The minimum absolute atomic E-state index is 0.0131. The molecular formula is C24H34N10O15P2. The van der Waals surface area contributed by atoms with Crippen molar-refractivity contribution >= 4 is 49.9 Å². The van der Waals surface area contributed by atoms with Crippen molar-refractivity contribution in [3.63, 3.8) is 0 Å². The summed E-state index contributed by atoms with van der Waals surface area (Å²) in [6.07, 6.45) is -3.32. The summed E-state index contributed by atoms with van der Waals surface area (Å²) in [5, 5.41) is 20.9. The van der Waals surface area contributed by atoms with E-state index in [0.29, 0.717) is 0 Å². The number of rotatable bonds is 16. The Bertz CT molecular complexity index is 2070. The van der Waals surface area contributed by atoms with Crippen LogP contribution in [0.3, 0.4) is 0 Å². The number of nitrogen functional groups attached to an aromatic ring is 2. The predicted molar refractivity (Wildman–Crippen MR) is 168 cm³/mol. The molecule has 8 atom stereocenters. The summed E-state index contributed by atoms with van der Waals surface area (Å²) in [4.78, 5) is 64.7. The first-order valence-corrected chi connectivity index (χ1v) is 18.1. The van der Waals surface area contributed by atoms with Crippen molar-refractivity contribution < 1.29 is 61.4 Å². The summed E-state index contributed by atoms with van der Waals surface area (Å²) in [5.74, 6) is -0.297. The van der Waals surface area contributed by atoms with Gasteiger partial charge in [0.1, 0.15) is 18.4 Å². The molecule has 6 rings (SSSR count). The van der Waals surface area contributed by atoms with Gasteiger partial charge in [-0.25, -0.2) is 19.1 Å². The smallest absolute Gasteiger partial charge is 0.390 e. The third-order valence-corrected chi connectivity index (χ3v) is 9.61. The fraction of sp³-hybridized carbons (Fsp3) is 0.583. The Morgan fingerprint density at radius 2 is 1.33 bits per heavy atom. The molecule has 2 saturated heterocycles. The number of anilines is 2. The van der Waals surface area contributed by atoms with Gasteiger partial charge in [0.2, 0.25) is 11.9 Å². The summed E-state index contributed by atoms with van der Waals surface area (Å²) < 4.78 is 63.6. The number of nitrogens with zero attached hydrogens (tertiary/aromatic N) is 6. The number of ether oxygens (including phenoxy) is 3. The largest absolute Gasteiger partial charge is 0.472 e. The number of hydrogen-bond donors (Lipinski definition) is 8. The van der Waals surface area contributed by atoms with Crippen molar-refractivity contribution in [2.24, 2.45) is 0 Å². The van der Waals surface area contributed by atoms with Crippen LogP contribution in [0.2, 0.25) is 0 Å². The normalized spacial score (nSPS) is 26.2. The number of hydrogen-bond acceptors (Lipinski definition) is 19. The summed E-state index contributed by atoms with van der Waals surface area (Å²) in [6.45, 7) is -2.22. The Morgan fingerprint density at radius 3 is 1.94 bits per heavy atom. The second-order valence-electron chi connectivity index (χ2n) is 11.2. The molecule has 2 unspecified atom stereocenters. The molecule has 0 aliphatic carbocycles. The van der Waals surface area contributed by atoms with E-state index in [0.717, 1.165) is 0 Å². The Balaban J connectivity index is 0.860. The van der Waals surface area contributed by atoms with Crippen LogP contribution in [0.5, 0.6) is 0 Å². The molecule has 6 heterocycles. The average Bonchev–Trinajstić information content (AvgIpc) is 3.84. The van der Waals surface area contributed by atoms with Crippen LogP contribution >= 0.6 is 15.6 Å². The maximum absolute atomic E-state index is 12.3. The van der Waals surface area contributed by atoms with Crippen LogP contribution in [0.1, 0.15) is 25.3 Å². The van der Waals surface area contributed by atoms with E-state index in [1.807, 2.05) is 0 Å². The van der Waals surface area contributed by atoms with E-state index in [4.69, 9.17) is 43.8 Å². The highest BCUT2D eigenvalue weighted by atomic mass is 31.2. The summed E-state index contributed by atoms with van der Waals surface area (Å²) in [7, 11) is -9.18. The minimum Gasteiger partial charge on any atom is -0.390 e. The van der Waals surface area contributed by atoms with Crippen LogP contribution in [0.15, 0.2) is 22.2 Å². The van der Waals surface area contributed by atoms with Crippen LogP contribution in [0.4, 0.5) is 11.9 Å². The molecule has 51 heavy (non-hydrogen) atoms. The van der Waals surface area contributed by atoms with Crippen molar-refractivity contribution in [3.8, 4) is 0 Å². The van der Waals surface area contributed by atoms with Crippen molar-refractivity contribution in [2.45, 2.75) is 49.7 Å². The van der Waals surface area contributed by atoms with Gasteiger partial charge in [0.15, 0.2) is 28.6 Å². The Kier molecular flexibility index (Phi) is 11.0. The highest BCUT2D eigenvalue weighted by Gasteiger charge is 2.39. The molecule has 4 aromatic rings. The predicted octanol–water partition coefficient (Wildman–Crippen LogP) is -2.00. The van der Waals surface area contributed by atoms with Crippen molar-refractivity contribution in [2.75, 3.05) is 51.1 Å². The van der Waals surface area contributed by atoms with Gasteiger partial charge >= 0.3 is 15.6 Å². The van der Waals surface area contributed by atoms with Gasteiger partial charge < -0.3 is 45.7 Å². The van der Waals surface area contributed by atoms with Crippen LogP contribution < -0.4 is 22.6 Å². The maximum atomic E-state index is 12.3. The topological polar surface area (TPSA) is 359 Å². The van der Waals surface area contributed by atoms with Crippen molar-refractivity contribution in [1.29, 1.82) is 0 Å². The first-order valence-electron chi connectivity index (χ1n) is 15.1. The number of H-pyrrole nitrogens is 2. The van der Waals surface area contributed by atoms with Crippen LogP contribution in [0, 0.1) is 0 Å². The fourth-order valence-corrected chi connectivity index (χ4v) is 6.80. The van der Waals surface area contributed by atoms with E-state index < -0.39 is 90.1 Å². The number of nitrogens with one attached hydrogen (secondary N) is 2. The molecular weight excluding hydrogens is 730 g/mol. The molecule has 0 spiro atoms. The van der Waals surface area contributed by atoms with Gasteiger partial charge in [-0.2, -0.15) is 9.97 Å². The maximum Gasteiger partial charge on any atom is 0.472 e. The zero-order valence-corrected chi connectivity index (χ0v) is 28.1. The third kappa shape index (κ3) is 8.69. The minimum atomic E-state index is -4.61. The van der Waals surface area contributed by atoms with E-state index >= 15 is 0 Å². The van der Waals surface area contributed by atoms with Gasteiger partial charge in [0, 0.05) is 12.8 Å². The zero-order chi connectivity index (χ0) is 36.5. The molecule has 27 heteroatoms.